The summed E-state index contributed by atoms with van der Waals surface area (Å²) in [5.74, 6) is -0.115. The summed E-state index contributed by atoms with van der Waals surface area (Å²) < 4.78 is 0. The van der Waals surface area contributed by atoms with E-state index in [0.717, 1.165) is 0 Å². The Morgan fingerprint density at radius 2 is 2.15 bits per heavy atom. The summed E-state index contributed by atoms with van der Waals surface area (Å²) in [6.07, 6.45) is 0. The minimum Gasteiger partial charge on any atom is -0.480 e. The Morgan fingerprint density at radius 3 is 2.38 bits per heavy atom. The standard InChI is InChI=1S/C9H17NO2S/c1-8(2,3)6-10-9(4,5-13-6)7(11)12/h6,10H,5H2,1-4H3,(H,11,12)/t6?,9-/m1/s1. The number of aliphatic carboxylic acids is 1. The summed E-state index contributed by atoms with van der Waals surface area (Å²) in [7, 11) is 0. The van der Waals surface area contributed by atoms with Gasteiger partial charge in [-0.3, -0.25) is 10.1 Å². The van der Waals surface area contributed by atoms with E-state index in [1.807, 2.05) is 0 Å². The van der Waals surface area contributed by atoms with Crippen molar-refractivity contribution >= 4 is 17.7 Å². The van der Waals surface area contributed by atoms with Crippen LogP contribution in [0.15, 0.2) is 0 Å². The van der Waals surface area contributed by atoms with Crippen LogP contribution in [-0.4, -0.2) is 27.7 Å². The molecule has 1 aliphatic rings. The summed E-state index contributed by atoms with van der Waals surface area (Å²) in [6.45, 7) is 8.09. The number of nitrogens with one attached hydrogen (secondary N) is 1. The highest BCUT2D eigenvalue weighted by Crippen LogP contribution is 2.37. The van der Waals surface area contributed by atoms with E-state index in [1.165, 1.54) is 0 Å². The minimum absolute atomic E-state index is 0.109. The zero-order chi connectivity index (χ0) is 10.3. The smallest absolute Gasteiger partial charge is 0.324 e. The number of carboxylic acids is 1. The van der Waals surface area contributed by atoms with Crippen LogP contribution in [0.5, 0.6) is 0 Å². The Morgan fingerprint density at radius 1 is 1.62 bits per heavy atom. The van der Waals surface area contributed by atoms with E-state index in [4.69, 9.17) is 5.11 Å². The zero-order valence-corrected chi connectivity index (χ0v) is 9.36. The van der Waals surface area contributed by atoms with Gasteiger partial charge in [-0.2, -0.15) is 0 Å². The fourth-order valence-corrected chi connectivity index (χ4v) is 2.76. The molecule has 0 saturated carbocycles. The maximum atomic E-state index is 10.9. The number of rotatable bonds is 1. The molecule has 1 fully saturated rings. The largest absolute Gasteiger partial charge is 0.480 e. The molecule has 0 bridgehead atoms. The van der Waals surface area contributed by atoms with Gasteiger partial charge in [0.1, 0.15) is 5.54 Å². The van der Waals surface area contributed by atoms with E-state index in [2.05, 4.69) is 26.1 Å². The molecule has 2 atom stereocenters. The molecule has 0 aromatic carbocycles. The van der Waals surface area contributed by atoms with Crippen molar-refractivity contribution in [3.05, 3.63) is 0 Å². The normalized spacial score (nSPS) is 34.9. The van der Waals surface area contributed by atoms with E-state index in [1.54, 1.807) is 18.7 Å². The van der Waals surface area contributed by atoms with Gasteiger partial charge in [0.05, 0.1) is 5.37 Å². The maximum Gasteiger partial charge on any atom is 0.324 e. The third-order valence-electron chi connectivity index (χ3n) is 2.25. The van der Waals surface area contributed by atoms with Gasteiger partial charge < -0.3 is 5.11 Å². The van der Waals surface area contributed by atoms with Crippen LogP contribution >= 0.6 is 11.8 Å². The van der Waals surface area contributed by atoms with Crippen LogP contribution in [0.2, 0.25) is 0 Å². The Labute approximate surface area is 83.3 Å². The van der Waals surface area contributed by atoms with Gasteiger partial charge in [-0.25, -0.2) is 0 Å². The first-order valence-corrected chi connectivity index (χ1v) is 5.43. The van der Waals surface area contributed by atoms with Gasteiger partial charge in [0.25, 0.3) is 0 Å². The molecule has 2 N–H and O–H groups in total. The van der Waals surface area contributed by atoms with Gasteiger partial charge >= 0.3 is 5.97 Å². The van der Waals surface area contributed by atoms with Crippen LogP contribution in [0.25, 0.3) is 0 Å². The predicted molar refractivity (Wildman–Crippen MR) is 54.9 cm³/mol. The molecule has 1 aliphatic heterocycles. The van der Waals surface area contributed by atoms with Crippen molar-refractivity contribution in [1.82, 2.24) is 5.32 Å². The van der Waals surface area contributed by atoms with Crippen molar-refractivity contribution in [1.29, 1.82) is 0 Å². The molecule has 4 heteroatoms. The lowest BCUT2D eigenvalue weighted by Crippen LogP contribution is -2.51. The van der Waals surface area contributed by atoms with Crippen LogP contribution in [-0.2, 0) is 4.79 Å². The molecule has 13 heavy (non-hydrogen) atoms. The molecule has 1 rings (SSSR count). The molecule has 0 aromatic heterocycles. The topological polar surface area (TPSA) is 49.3 Å². The fraction of sp³-hybridized carbons (Fsp3) is 0.889. The molecule has 1 unspecified atom stereocenters. The maximum absolute atomic E-state index is 10.9. The molecule has 0 spiro atoms. The van der Waals surface area contributed by atoms with Crippen LogP contribution < -0.4 is 5.32 Å². The molecule has 1 saturated heterocycles. The summed E-state index contributed by atoms with van der Waals surface area (Å²) in [4.78, 5) is 10.9. The second-order valence-corrected chi connectivity index (χ2v) is 5.93. The molecule has 0 radical (unpaired) electrons. The third kappa shape index (κ3) is 2.17. The molecule has 1 heterocycles. The molecule has 76 valence electrons. The first-order chi connectivity index (χ1) is 5.76. The summed E-state index contributed by atoms with van der Waals surface area (Å²) in [5, 5.41) is 12.4. The lowest BCUT2D eigenvalue weighted by molar-refractivity contribution is -0.143. The van der Waals surface area contributed by atoms with Crippen LogP contribution in [0.1, 0.15) is 27.7 Å². The number of thioether (sulfide) groups is 1. The Kier molecular flexibility index (Phi) is 2.65. The van der Waals surface area contributed by atoms with Gasteiger partial charge in [-0.05, 0) is 12.3 Å². The van der Waals surface area contributed by atoms with E-state index < -0.39 is 11.5 Å². The van der Waals surface area contributed by atoms with E-state index >= 15 is 0 Å². The van der Waals surface area contributed by atoms with Crippen molar-refractivity contribution in [3.8, 4) is 0 Å². The molecular formula is C9H17NO2S. The number of carbonyl (C=O) groups is 1. The second-order valence-electron chi connectivity index (χ2n) is 4.84. The number of hydrogen-bond donors (Lipinski definition) is 2. The Hall–Kier alpha value is -0.220. The summed E-state index contributed by atoms with van der Waals surface area (Å²) in [5.41, 5.74) is -0.638. The van der Waals surface area contributed by atoms with Crippen LogP contribution in [0.4, 0.5) is 0 Å². The molecular weight excluding hydrogens is 186 g/mol. The SMILES string of the molecule is CC(C)(C)C1N[C@@](C)(C(=O)O)CS1. The average molecular weight is 203 g/mol. The Bertz CT molecular complexity index is 224. The highest BCUT2D eigenvalue weighted by atomic mass is 32.2. The first kappa shape index (κ1) is 10.9. The number of carboxylic acid groups (broad SMARTS) is 1. The highest BCUT2D eigenvalue weighted by Gasteiger charge is 2.44. The van der Waals surface area contributed by atoms with Gasteiger partial charge in [-0.15, -0.1) is 11.8 Å². The lowest BCUT2D eigenvalue weighted by atomic mass is 9.94. The Balaban J connectivity index is 2.69. The van der Waals surface area contributed by atoms with Crippen molar-refractivity contribution < 1.29 is 9.90 Å². The molecule has 3 nitrogen and oxygen atoms in total. The summed E-state index contributed by atoms with van der Waals surface area (Å²) >= 11 is 1.69. The van der Waals surface area contributed by atoms with Gasteiger partial charge in [-0.1, -0.05) is 20.8 Å². The zero-order valence-electron chi connectivity index (χ0n) is 8.55. The second kappa shape index (κ2) is 3.17. The van der Waals surface area contributed by atoms with Crippen LogP contribution in [0.3, 0.4) is 0 Å². The highest BCUT2D eigenvalue weighted by molar-refractivity contribution is 8.00. The molecule has 0 aromatic rings. The van der Waals surface area contributed by atoms with E-state index in [0.29, 0.717) is 5.75 Å². The van der Waals surface area contributed by atoms with E-state index in [-0.39, 0.29) is 10.8 Å². The summed E-state index contributed by atoms with van der Waals surface area (Å²) in [6, 6.07) is 0. The van der Waals surface area contributed by atoms with Crippen molar-refractivity contribution in [2.24, 2.45) is 5.41 Å². The van der Waals surface area contributed by atoms with Crippen LogP contribution in [0, 0.1) is 5.41 Å². The third-order valence-corrected chi connectivity index (χ3v) is 4.15. The van der Waals surface area contributed by atoms with Gasteiger partial charge in [0.2, 0.25) is 0 Å². The number of hydrogen-bond acceptors (Lipinski definition) is 3. The van der Waals surface area contributed by atoms with Crippen molar-refractivity contribution in [3.63, 3.8) is 0 Å². The average Bonchev–Trinajstić information content (AvgIpc) is 2.31. The predicted octanol–water partition coefficient (Wildman–Crippen LogP) is 1.54. The quantitative estimate of drug-likeness (QED) is 0.678. The van der Waals surface area contributed by atoms with Crippen molar-refractivity contribution in [2.75, 3.05) is 5.75 Å². The van der Waals surface area contributed by atoms with Gasteiger partial charge in [0.15, 0.2) is 0 Å². The fourth-order valence-electron chi connectivity index (χ4n) is 1.21. The van der Waals surface area contributed by atoms with Crippen molar-refractivity contribution in [2.45, 2.75) is 38.6 Å². The first-order valence-electron chi connectivity index (χ1n) is 4.38. The van der Waals surface area contributed by atoms with Gasteiger partial charge in [0, 0.05) is 5.75 Å². The lowest BCUT2D eigenvalue weighted by Gasteiger charge is -2.28. The monoisotopic (exact) mass is 203 g/mol. The van der Waals surface area contributed by atoms with E-state index in [9.17, 15) is 4.79 Å². The molecule has 0 aliphatic carbocycles. The minimum atomic E-state index is -0.758. The molecule has 0 amide bonds.